The fourth-order valence-corrected chi connectivity index (χ4v) is 4.35. The molecule has 0 atom stereocenters. The predicted octanol–water partition coefficient (Wildman–Crippen LogP) is 3.79. The maximum absolute atomic E-state index is 12.9. The summed E-state index contributed by atoms with van der Waals surface area (Å²) in [4.78, 5) is 11.8. The normalized spacial score (nSPS) is 11.2. The zero-order valence-electron chi connectivity index (χ0n) is 18.0. The van der Waals surface area contributed by atoms with E-state index in [9.17, 15) is 13.2 Å². The van der Waals surface area contributed by atoms with Crippen LogP contribution in [0.15, 0.2) is 88.7 Å². The summed E-state index contributed by atoms with van der Waals surface area (Å²) in [5.41, 5.74) is 2.29. The molecule has 3 aromatic carbocycles. The Labute approximate surface area is 189 Å². The van der Waals surface area contributed by atoms with Crippen LogP contribution in [-0.4, -0.2) is 34.1 Å². The van der Waals surface area contributed by atoms with E-state index in [1.165, 1.54) is 29.8 Å². The van der Waals surface area contributed by atoms with E-state index in [4.69, 9.17) is 9.47 Å². The molecule has 0 unspecified atom stereocenters. The van der Waals surface area contributed by atoms with Crippen LogP contribution in [-0.2, 0) is 32.3 Å². The van der Waals surface area contributed by atoms with Crippen LogP contribution in [0.2, 0.25) is 0 Å². The molecule has 0 heterocycles. The average molecular weight is 454 g/mol. The second kappa shape index (κ2) is 11.5. The number of sulfone groups is 1. The molecule has 6 nitrogen and oxygen atoms in total. The van der Waals surface area contributed by atoms with Gasteiger partial charge in [-0.2, -0.15) is 0 Å². The van der Waals surface area contributed by atoms with Gasteiger partial charge >= 0.3 is 5.97 Å². The van der Waals surface area contributed by atoms with Crippen molar-refractivity contribution >= 4 is 15.8 Å². The number of hydrogen-bond donors (Lipinski definition) is 1. The maximum Gasteiger partial charge on any atom is 0.344 e. The lowest BCUT2D eigenvalue weighted by molar-refractivity contribution is -0.145. The van der Waals surface area contributed by atoms with Crippen LogP contribution in [0, 0.1) is 0 Å². The molecule has 7 heteroatoms. The summed E-state index contributed by atoms with van der Waals surface area (Å²) in [5.74, 6) is -0.0742. The van der Waals surface area contributed by atoms with Gasteiger partial charge in [-0.3, -0.25) is 0 Å². The van der Waals surface area contributed by atoms with Crippen LogP contribution in [0.1, 0.15) is 18.1 Å². The molecule has 0 radical (unpaired) electrons. The summed E-state index contributed by atoms with van der Waals surface area (Å²) in [6.07, 6.45) is 0.805. The highest BCUT2D eigenvalue weighted by Gasteiger charge is 2.17. The van der Waals surface area contributed by atoms with Crippen molar-refractivity contribution < 1.29 is 22.7 Å². The Hall–Kier alpha value is -3.16. The van der Waals surface area contributed by atoms with Crippen molar-refractivity contribution in [3.05, 3.63) is 90.0 Å². The number of carbonyl (C=O) groups is 1. The van der Waals surface area contributed by atoms with Gasteiger partial charge in [-0.05, 0) is 67.4 Å². The van der Waals surface area contributed by atoms with Gasteiger partial charge in [0.05, 0.1) is 16.4 Å². The van der Waals surface area contributed by atoms with Crippen LogP contribution < -0.4 is 10.1 Å². The number of nitrogens with one attached hydrogen (secondary N) is 1. The van der Waals surface area contributed by atoms with Gasteiger partial charge in [-0.25, -0.2) is 13.2 Å². The Bertz CT molecular complexity index is 1100. The van der Waals surface area contributed by atoms with E-state index in [1.54, 1.807) is 19.1 Å². The third-order valence-corrected chi connectivity index (χ3v) is 6.58. The molecule has 0 saturated heterocycles. The first kappa shape index (κ1) is 23.5. The molecule has 0 aliphatic heterocycles. The minimum absolute atomic E-state index is 0.165. The number of benzene rings is 3. The standard InChI is InChI=1S/C25H27NO5S/c1-2-30-25(27)19-31-22-10-14-24(15-11-22)32(28,29)23-12-8-20(9-13-23)16-17-26-18-21-6-4-3-5-7-21/h3-15,26H,2,16-19H2,1H3. The van der Waals surface area contributed by atoms with Crippen molar-refractivity contribution in [1.82, 2.24) is 5.32 Å². The summed E-state index contributed by atoms with van der Waals surface area (Å²) in [7, 11) is -3.64. The van der Waals surface area contributed by atoms with Crippen LogP contribution >= 0.6 is 0 Å². The summed E-state index contributed by atoms with van der Waals surface area (Å²) >= 11 is 0. The lowest BCUT2D eigenvalue weighted by Crippen LogP contribution is -2.16. The van der Waals surface area contributed by atoms with E-state index in [1.807, 2.05) is 30.3 Å². The summed E-state index contributed by atoms with van der Waals surface area (Å²) in [5, 5.41) is 3.39. The predicted molar refractivity (Wildman–Crippen MR) is 122 cm³/mol. The zero-order chi connectivity index (χ0) is 22.8. The molecule has 3 aromatic rings. The van der Waals surface area contributed by atoms with Crippen molar-refractivity contribution in [2.24, 2.45) is 0 Å². The number of rotatable bonds is 11. The lowest BCUT2D eigenvalue weighted by Gasteiger charge is -2.09. The van der Waals surface area contributed by atoms with Gasteiger partial charge in [0.25, 0.3) is 0 Å². The minimum Gasteiger partial charge on any atom is -0.482 e. The summed E-state index contributed by atoms with van der Waals surface area (Å²) < 4.78 is 35.9. The highest BCUT2D eigenvalue weighted by molar-refractivity contribution is 7.91. The summed E-state index contributed by atoms with van der Waals surface area (Å²) in [6.45, 7) is 3.37. The molecule has 0 fully saturated rings. The Balaban J connectivity index is 1.54. The van der Waals surface area contributed by atoms with Crippen LogP contribution in [0.4, 0.5) is 0 Å². The quantitative estimate of drug-likeness (QED) is 0.351. The smallest absolute Gasteiger partial charge is 0.344 e. The van der Waals surface area contributed by atoms with Crippen LogP contribution in [0.5, 0.6) is 5.75 Å². The number of carbonyl (C=O) groups excluding carboxylic acids is 1. The van der Waals surface area contributed by atoms with E-state index in [2.05, 4.69) is 17.4 Å². The molecule has 168 valence electrons. The SMILES string of the molecule is CCOC(=O)COc1ccc(S(=O)(=O)c2ccc(CCNCc3ccccc3)cc2)cc1. The summed E-state index contributed by atoms with van der Waals surface area (Å²) in [6, 6.07) is 23.1. The molecule has 1 N–H and O–H groups in total. The molecule has 0 aromatic heterocycles. The largest absolute Gasteiger partial charge is 0.482 e. The number of hydrogen-bond acceptors (Lipinski definition) is 6. The lowest BCUT2D eigenvalue weighted by atomic mass is 10.1. The molecule has 0 spiro atoms. The minimum atomic E-state index is -3.64. The van der Waals surface area contributed by atoms with Gasteiger partial charge in [0.15, 0.2) is 6.61 Å². The Morgan fingerprint density at radius 2 is 1.47 bits per heavy atom. The molecular weight excluding hydrogens is 426 g/mol. The van der Waals surface area contributed by atoms with Gasteiger partial charge in [-0.15, -0.1) is 0 Å². The van der Waals surface area contributed by atoms with Gasteiger partial charge in [0.1, 0.15) is 5.75 Å². The molecule has 0 aliphatic carbocycles. The number of ether oxygens (including phenoxy) is 2. The highest BCUT2D eigenvalue weighted by Crippen LogP contribution is 2.23. The monoisotopic (exact) mass is 453 g/mol. The van der Waals surface area contributed by atoms with E-state index >= 15 is 0 Å². The second-order valence-corrected chi connectivity index (χ2v) is 9.07. The fraction of sp³-hybridized carbons (Fsp3) is 0.240. The fourth-order valence-electron chi connectivity index (χ4n) is 3.09. The maximum atomic E-state index is 12.9. The third kappa shape index (κ3) is 6.67. The van der Waals surface area contributed by atoms with Gasteiger partial charge in [0.2, 0.25) is 9.84 Å². The van der Waals surface area contributed by atoms with Crippen molar-refractivity contribution in [2.45, 2.75) is 29.7 Å². The zero-order valence-corrected chi connectivity index (χ0v) is 18.8. The van der Waals surface area contributed by atoms with Crippen molar-refractivity contribution in [2.75, 3.05) is 19.8 Å². The molecule has 3 rings (SSSR count). The second-order valence-electron chi connectivity index (χ2n) is 7.12. The molecule has 0 aliphatic rings. The molecule has 0 saturated carbocycles. The van der Waals surface area contributed by atoms with Gasteiger partial charge in [0, 0.05) is 6.54 Å². The first-order valence-corrected chi connectivity index (χ1v) is 11.9. The topological polar surface area (TPSA) is 81.7 Å². The Morgan fingerprint density at radius 3 is 2.09 bits per heavy atom. The first-order valence-electron chi connectivity index (χ1n) is 10.5. The van der Waals surface area contributed by atoms with Crippen molar-refractivity contribution in [1.29, 1.82) is 0 Å². The molecule has 0 bridgehead atoms. The number of esters is 1. The first-order chi connectivity index (χ1) is 15.5. The Kier molecular flexibility index (Phi) is 8.41. The molecular formula is C25H27NO5S. The van der Waals surface area contributed by atoms with Crippen molar-refractivity contribution in [3.8, 4) is 5.75 Å². The van der Waals surface area contributed by atoms with E-state index in [-0.39, 0.29) is 23.0 Å². The molecule has 32 heavy (non-hydrogen) atoms. The molecule has 0 amide bonds. The van der Waals surface area contributed by atoms with E-state index in [0.29, 0.717) is 5.75 Å². The average Bonchev–Trinajstić information content (AvgIpc) is 2.82. The highest BCUT2D eigenvalue weighted by atomic mass is 32.2. The van der Waals surface area contributed by atoms with Crippen LogP contribution in [0.25, 0.3) is 0 Å². The van der Waals surface area contributed by atoms with Gasteiger partial charge in [-0.1, -0.05) is 42.5 Å². The van der Waals surface area contributed by atoms with E-state index < -0.39 is 15.8 Å². The van der Waals surface area contributed by atoms with E-state index in [0.717, 1.165) is 25.1 Å². The van der Waals surface area contributed by atoms with Crippen molar-refractivity contribution in [3.63, 3.8) is 0 Å². The third-order valence-electron chi connectivity index (χ3n) is 4.79. The van der Waals surface area contributed by atoms with Crippen LogP contribution in [0.3, 0.4) is 0 Å². The van der Waals surface area contributed by atoms with Gasteiger partial charge < -0.3 is 14.8 Å². The Morgan fingerprint density at radius 1 is 0.844 bits per heavy atom.